The average Bonchev–Trinajstić information content (AvgIpc) is 2.80. The maximum Gasteiger partial charge on any atom is 0.265 e. The van der Waals surface area contributed by atoms with Gasteiger partial charge in [0.2, 0.25) is 15.9 Å². The summed E-state index contributed by atoms with van der Waals surface area (Å²) < 4.78 is 33.7. The molecule has 33 heavy (non-hydrogen) atoms. The van der Waals surface area contributed by atoms with Gasteiger partial charge in [-0.1, -0.05) is 30.3 Å². The first-order valence-corrected chi connectivity index (χ1v) is 12.6. The van der Waals surface area contributed by atoms with Gasteiger partial charge in [-0.2, -0.15) is 4.31 Å². The Labute approximate surface area is 194 Å². The lowest BCUT2D eigenvalue weighted by Gasteiger charge is -2.31. The number of hydrogen-bond donors (Lipinski definition) is 2. The Balaban J connectivity index is 1.36. The first-order valence-electron chi connectivity index (χ1n) is 11.2. The zero-order valence-corrected chi connectivity index (χ0v) is 19.7. The van der Waals surface area contributed by atoms with E-state index < -0.39 is 16.1 Å². The lowest BCUT2D eigenvalue weighted by atomic mass is 9.97. The second-order valence-electron chi connectivity index (χ2n) is 8.57. The Bertz CT molecular complexity index is 1140. The van der Waals surface area contributed by atoms with Gasteiger partial charge >= 0.3 is 0 Å². The molecule has 4 rings (SSSR count). The van der Waals surface area contributed by atoms with E-state index in [4.69, 9.17) is 4.74 Å². The van der Waals surface area contributed by atoms with Crippen LogP contribution in [0.2, 0.25) is 0 Å². The van der Waals surface area contributed by atoms with Crippen molar-refractivity contribution >= 4 is 27.5 Å². The van der Waals surface area contributed by atoms with Crippen molar-refractivity contribution < 1.29 is 22.7 Å². The number of carbonyl (C=O) groups excluding carboxylic acids is 2. The maximum absolute atomic E-state index is 13.3. The van der Waals surface area contributed by atoms with Gasteiger partial charge in [-0.05, 0) is 50.3 Å². The zero-order valence-electron chi connectivity index (χ0n) is 18.8. The largest absolute Gasteiger partial charge is 0.479 e. The summed E-state index contributed by atoms with van der Waals surface area (Å²) in [5.74, 6) is -0.136. The van der Waals surface area contributed by atoms with Crippen LogP contribution in [0.1, 0.15) is 30.9 Å². The Morgan fingerprint density at radius 2 is 1.88 bits per heavy atom. The number of hydrogen-bond acceptors (Lipinski definition) is 5. The Morgan fingerprint density at radius 3 is 2.58 bits per heavy atom. The molecule has 8 nitrogen and oxygen atoms in total. The number of ether oxygens (including phenoxy) is 1. The summed E-state index contributed by atoms with van der Waals surface area (Å²) in [5.41, 5.74) is 2.17. The number of aryl methyl sites for hydroxylation is 1. The van der Waals surface area contributed by atoms with Crippen LogP contribution in [0.25, 0.3) is 0 Å². The quantitative estimate of drug-likeness (QED) is 0.674. The molecule has 176 valence electrons. The van der Waals surface area contributed by atoms with E-state index in [1.54, 1.807) is 19.9 Å². The predicted molar refractivity (Wildman–Crippen MR) is 125 cm³/mol. The van der Waals surface area contributed by atoms with E-state index in [1.807, 2.05) is 30.3 Å². The summed E-state index contributed by atoms with van der Waals surface area (Å²) in [6, 6.07) is 13.1. The topological polar surface area (TPSA) is 105 Å². The van der Waals surface area contributed by atoms with Gasteiger partial charge in [0.25, 0.3) is 5.91 Å². The Kier molecular flexibility index (Phi) is 6.71. The molecular weight excluding hydrogens is 442 g/mol. The molecule has 0 aromatic heterocycles. The fourth-order valence-corrected chi connectivity index (χ4v) is 5.93. The van der Waals surface area contributed by atoms with Crippen molar-refractivity contribution in [2.75, 3.05) is 25.0 Å². The van der Waals surface area contributed by atoms with Crippen molar-refractivity contribution in [2.45, 2.75) is 44.1 Å². The number of rotatable bonds is 6. The van der Waals surface area contributed by atoms with Crippen molar-refractivity contribution in [3.63, 3.8) is 0 Å². The second-order valence-corrected chi connectivity index (χ2v) is 10.5. The van der Waals surface area contributed by atoms with Crippen LogP contribution in [0.3, 0.4) is 0 Å². The summed E-state index contributed by atoms with van der Waals surface area (Å²) in [7, 11) is -3.75. The van der Waals surface area contributed by atoms with Crippen molar-refractivity contribution in [2.24, 2.45) is 5.92 Å². The normalized spacial score (nSPS) is 19.3. The minimum Gasteiger partial charge on any atom is -0.479 e. The molecule has 2 heterocycles. The highest BCUT2D eigenvalue weighted by molar-refractivity contribution is 7.89. The first-order chi connectivity index (χ1) is 15.8. The molecule has 9 heteroatoms. The molecule has 0 saturated carbocycles. The van der Waals surface area contributed by atoms with Gasteiger partial charge in [0.1, 0.15) is 5.75 Å². The number of amides is 2. The van der Waals surface area contributed by atoms with Gasteiger partial charge in [0.05, 0.1) is 10.6 Å². The number of benzene rings is 2. The SMILES string of the molecule is Cc1cc2c(cc1S(=O)(=O)N1CCC(C(=O)NCCc3ccccc3)CC1)O[C@@H](C)C(=O)N2. The highest BCUT2D eigenvalue weighted by Gasteiger charge is 2.34. The standard InChI is InChI=1S/C24H29N3O5S/c1-16-14-20-21(32-17(2)23(28)26-20)15-22(16)33(30,31)27-12-9-19(10-13-27)24(29)25-11-8-18-6-4-3-5-7-18/h3-7,14-15,17,19H,8-13H2,1-2H3,(H,25,29)(H,26,28)/t17-/m0/s1. The van der Waals surface area contributed by atoms with Gasteiger partial charge in [0, 0.05) is 31.6 Å². The van der Waals surface area contributed by atoms with E-state index in [-0.39, 0.29) is 35.7 Å². The lowest BCUT2D eigenvalue weighted by Crippen LogP contribution is -2.43. The average molecular weight is 472 g/mol. The summed E-state index contributed by atoms with van der Waals surface area (Å²) in [6.07, 6.45) is 1.03. The van der Waals surface area contributed by atoms with Crippen LogP contribution in [-0.2, 0) is 26.0 Å². The molecule has 2 aromatic carbocycles. The van der Waals surface area contributed by atoms with E-state index in [9.17, 15) is 18.0 Å². The smallest absolute Gasteiger partial charge is 0.265 e. The van der Waals surface area contributed by atoms with Crippen LogP contribution < -0.4 is 15.4 Å². The molecule has 1 atom stereocenters. The van der Waals surface area contributed by atoms with Crippen molar-refractivity contribution in [1.29, 1.82) is 0 Å². The van der Waals surface area contributed by atoms with Gasteiger partial charge in [0.15, 0.2) is 6.10 Å². The van der Waals surface area contributed by atoms with Gasteiger partial charge < -0.3 is 15.4 Å². The summed E-state index contributed by atoms with van der Waals surface area (Å²) in [4.78, 5) is 24.5. The van der Waals surface area contributed by atoms with Gasteiger partial charge in [-0.25, -0.2) is 8.42 Å². The summed E-state index contributed by atoms with van der Waals surface area (Å²) >= 11 is 0. The predicted octanol–water partition coefficient (Wildman–Crippen LogP) is 2.47. The number of carbonyl (C=O) groups is 2. The van der Waals surface area contributed by atoms with Crippen LogP contribution in [-0.4, -0.2) is 50.3 Å². The van der Waals surface area contributed by atoms with Crippen LogP contribution in [0.15, 0.2) is 47.4 Å². The number of fused-ring (bicyclic) bond motifs is 1. The molecule has 2 amide bonds. The first kappa shape index (κ1) is 23.3. The number of sulfonamides is 1. The van der Waals surface area contributed by atoms with E-state index in [0.29, 0.717) is 36.4 Å². The molecular formula is C24H29N3O5S. The Hall–Kier alpha value is -2.91. The third-order valence-electron chi connectivity index (χ3n) is 6.21. The fraction of sp³-hybridized carbons (Fsp3) is 0.417. The number of anilines is 1. The van der Waals surface area contributed by atoms with Gasteiger partial charge in [-0.15, -0.1) is 0 Å². The van der Waals surface area contributed by atoms with E-state index in [0.717, 1.165) is 12.0 Å². The molecule has 0 aliphatic carbocycles. The third-order valence-corrected chi connectivity index (χ3v) is 8.25. The van der Waals surface area contributed by atoms with Crippen LogP contribution >= 0.6 is 0 Å². The van der Waals surface area contributed by atoms with Crippen molar-refractivity contribution in [3.05, 3.63) is 53.6 Å². The lowest BCUT2D eigenvalue weighted by molar-refractivity contribution is -0.126. The third kappa shape index (κ3) is 5.04. The monoisotopic (exact) mass is 471 g/mol. The molecule has 1 saturated heterocycles. The number of piperidine rings is 1. The molecule has 2 N–H and O–H groups in total. The van der Waals surface area contributed by atoms with E-state index in [2.05, 4.69) is 10.6 Å². The zero-order chi connectivity index (χ0) is 23.6. The maximum atomic E-state index is 13.3. The summed E-state index contributed by atoms with van der Waals surface area (Å²) in [6.45, 7) is 4.43. The van der Waals surface area contributed by atoms with Gasteiger partial charge in [-0.3, -0.25) is 9.59 Å². The van der Waals surface area contributed by atoms with E-state index in [1.165, 1.54) is 10.4 Å². The van der Waals surface area contributed by atoms with E-state index >= 15 is 0 Å². The molecule has 0 bridgehead atoms. The Morgan fingerprint density at radius 1 is 1.18 bits per heavy atom. The van der Waals surface area contributed by atoms with Crippen LogP contribution in [0.4, 0.5) is 5.69 Å². The second kappa shape index (κ2) is 9.52. The highest BCUT2D eigenvalue weighted by Crippen LogP contribution is 2.36. The van der Waals surface area contributed by atoms with Crippen LogP contribution in [0.5, 0.6) is 5.75 Å². The minimum atomic E-state index is -3.75. The van der Waals surface area contributed by atoms with Crippen molar-refractivity contribution in [1.82, 2.24) is 9.62 Å². The molecule has 1 fully saturated rings. The number of nitrogens with zero attached hydrogens (tertiary/aromatic N) is 1. The minimum absolute atomic E-state index is 0.0222. The fourth-order valence-electron chi connectivity index (χ4n) is 4.24. The molecule has 0 unspecified atom stereocenters. The molecule has 2 aliphatic rings. The molecule has 2 aliphatic heterocycles. The molecule has 0 radical (unpaired) electrons. The molecule has 2 aromatic rings. The highest BCUT2D eigenvalue weighted by atomic mass is 32.2. The number of nitrogens with one attached hydrogen (secondary N) is 2. The summed E-state index contributed by atoms with van der Waals surface area (Å²) in [5, 5.41) is 5.72. The van der Waals surface area contributed by atoms with Crippen molar-refractivity contribution in [3.8, 4) is 5.75 Å². The molecule has 0 spiro atoms. The van der Waals surface area contributed by atoms with Crippen LogP contribution in [0, 0.1) is 12.8 Å².